The fourth-order valence-electron chi connectivity index (χ4n) is 3.53. The highest BCUT2D eigenvalue weighted by atomic mass is 35.5. The normalized spacial score (nSPS) is 14.9. The summed E-state index contributed by atoms with van der Waals surface area (Å²) >= 11 is 0. The number of hydrogen-bond donors (Lipinski definition) is 1. The van der Waals surface area contributed by atoms with Crippen molar-refractivity contribution in [1.82, 2.24) is 10.2 Å². The molecule has 0 saturated carbocycles. The molecule has 0 aliphatic carbocycles. The third-order valence-corrected chi connectivity index (χ3v) is 5.24. The number of benzene rings is 2. The van der Waals surface area contributed by atoms with E-state index in [1.54, 1.807) is 0 Å². The average Bonchev–Trinajstić information content (AvgIpc) is 3.23. The third-order valence-electron chi connectivity index (χ3n) is 5.24. The number of nitrogens with one attached hydrogen (secondary N) is 1. The molecule has 1 heterocycles. The molecule has 1 saturated heterocycles. The average molecular weight is 403 g/mol. The predicted molar refractivity (Wildman–Crippen MR) is 116 cm³/mol. The van der Waals surface area contributed by atoms with Gasteiger partial charge in [-0.15, -0.1) is 12.4 Å². The number of rotatable bonds is 8. The van der Waals surface area contributed by atoms with Crippen LogP contribution in [-0.4, -0.2) is 37.0 Å². The van der Waals surface area contributed by atoms with Gasteiger partial charge in [-0.05, 0) is 62.5 Å². The topological polar surface area (TPSA) is 41.6 Å². The molecule has 152 valence electrons. The van der Waals surface area contributed by atoms with Crippen LogP contribution in [-0.2, 0) is 11.2 Å². The van der Waals surface area contributed by atoms with Crippen LogP contribution in [0.4, 0.5) is 0 Å². The number of hydrogen-bond acceptors (Lipinski definition) is 3. The first kappa shape index (κ1) is 22.3. The molecule has 0 aromatic heterocycles. The quantitative estimate of drug-likeness (QED) is 0.715. The van der Waals surface area contributed by atoms with E-state index in [0.29, 0.717) is 6.54 Å². The number of carbonyl (C=O) groups excluding carboxylic acids is 1. The molecule has 0 spiro atoms. The first-order valence-electron chi connectivity index (χ1n) is 9.95. The van der Waals surface area contributed by atoms with Gasteiger partial charge >= 0.3 is 0 Å². The highest BCUT2D eigenvalue weighted by molar-refractivity contribution is 5.85. The fourth-order valence-corrected chi connectivity index (χ4v) is 3.53. The van der Waals surface area contributed by atoms with Crippen molar-refractivity contribution < 1.29 is 9.53 Å². The molecule has 1 unspecified atom stereocenters. The molecule has 1 amide bonds. The van der Waals surface area contributed by atoms with Crippen LogP contribution >= 0.6 is 12.4 Å². The first-order valence-corrected chi connectivity index (χ1v) is 9.95. The lowest BCUT2D eigenvalue weighted by Crippen LogP contribution is -2.38. The number of carbonyl (C=O) groups is 1. The van der Waals surface area contributed by atoms with E-state index in [1.807, 2.05) is 24.3 Å². The van der Waals surface area contributed by atoms with Crippen LogP contribution in [0.1, 0.15) is 42.5 Å². The maximum absolute atomic E-state index is 12.3. The van der Waals surface area contributed by atoms with Gasteiger partial charge in [0.15, 0.2) is 6.61 Å². The fraction of sp³-hybridized carbons (Fsp3) is 0.435. The van der Waals surface area contributed by atoms with Crippen molar-refractivity contribution in [3.05, 3.63) is 65.2 Å². The molecule has 1 fully saturated rings. The molecule has 1 aliphatic heterocycles. The van der Waals surface area contributed by atoms with Crippen molar-refractivity contribution in [2.45, 2.75) is 39.2 Å². The van der Waals surface area contributed by atoms with E-state index < -0.39 is 0 Å². The van der Waals surface area contributed by atoms with Gasteiger partial charge in [0.05, 0.1) is 6.04 Å². The van der Waals surface area contributed by atoms with Crippen LogP contribution in [0, 0.1) is 6.92 Å². The van der Waals surface area contributed by atoms with E-state index in [2.05, 4.69) is 48.3 Å². The molecule has 2 aromatic carbocycles. The van der Waals surface area contributed by atoms with Crippen molar-refractivity contribution in [3.63, 3.8) is 0 Å². The molecular weight excluding hydrogens is 372 g/mol. The summed E-state index contributed by atoms with van der Waals surface area (Å²) < 4.78 is 5.62. The van der Waals surface area contributed by atoms with E-state index in [1.165, 1.54) is 29.5 Å². The predicted octanol–water partition coefficient (Wildman–Crippen LogP) is 4.31. The number of aryl methyl sites for hydroxylation is 2. The van der Waals surface area contributed by atoms with Gasteiger partial charge in [0.25, 0.3) is 5.91 Å². The molecule has 1 aliphatic rings. The van der Waals surface area contributed by atoms with Gasteiger partial charge in [-0.25, -0.2) is 0 Å². The minimum absolute atomic E-state index is 0. The number of nitrogens with zero attached hydrogens (tertiary/aromatic N) is 1. The Morgan fingerprint density at radius 3 is 2.32 bits per heavy atom. The van der Waals surface area contributed by atoms with Gasteiger partial charge in [0.2, 0.25) is 0 Å². The molecule has 1 atom stereocenters. The Labute approximate surface area is 174 Å². The lowest BCUT2D eigenvalue weighted by Gasteiger charge is -2.28. The number of halogens is 1. The number of likely N-dealkylation sites (tertiary alicyclic amines) is 1. The van der Waals surface area contributed by atoms with Gasteiger partial charge in [0, 0.05) is 6.54 Å². The van der Waals surface area contributed by atoms with Crippen LogP contribution in [0.5, 0.6) is 5.75 Å². The molecule has 4 nitrogen and oxygen atoms in total. The standard InChI is InChI=1S/C23H30N2O2.ClH/c1-3-19-8-12-21(13-9-19)27-17-23(26)24-16-22(25-14-4-5-15-25)20-10-6-18(2)7-11-20;/h6-13,22H,3-5,14-17H2,1-2H3,(H,24,26);1H. The van der Waals surface area contributed by atoms with Crippen molar-refractivity contribution in [1.29, 1.82) is 0 Å². The first-order chi connectivity index (χ1) is 13.2. The monoisotopic (exact) mass is 402 g/mol. The zero-order valence-electron chi connectivity index (χ0n) is 16.8. The molecule has 3 rings (SSSR count). The van der Waals surface area contributed by atoms with Crippen molar-refractivity contribution in [2.75, 3.05) is 26.2 Å². The second-order valence-corrected chi connectivity index (χ2v) is 7.26. The van der Waals surface area contributed by atoms with Gasteiger partial charge in [-0.2, -0.15) is 0 Å². The van der Waals surface area contributed by atoms with Crippen molar-refractivity contribution >= 4 is 18.3 Å². The van der Waals surface area contributed by atoms with Crippen LogP contribution in [0.15, 0.2) is 48.5 Å². The number of ether oxygens (including phenoxy) is 1. The minimum atomic E-state index is -0.0779. The SMILES string of the molecule is CCc1ccc(OCC(=O)NCC(c2ccc(C)cc2)N2CCCC2)cc1.Cl. The van der Waals surface area contributed by atoms with E-state index in [4.69, 9.17) is 4.74 Å². The molecular formula is C23H31ClN2O2. The van der Waals surface area contributed by atoms with Gasteiger partial charge in [-0.1, -0.05) is 48.9 Å². The second-order valence-electron chi connectivity index (χ2n) is 7.26. The Morgan fingerprint density at radius 2 is 1.71 bits per heavy atom. The van der Waals surface area contributed by atoms with Gasteiger partial charge in [0.1, 0.15) is 5.75 Å². The Kier molecular flexibility index (Phi) is 8.81. The molecule has 0 radical (unpaired) electrons. The van der Waals surface area contributed by atoms with E-state index in [9.17, 15) is 4.79 Å². The largest absolute Gasteiger partial charge is 0.484 e. The summed E-state index contributed by atoms with van der Waals surface area (Å²) in [4.78, 5) is 14.8. The van der Waals surface area contributed by atoms with Crippen molar-refractivity contribution in [2.24, 2.45) is 0 Å². The van der Waals surface area contributed by atoms with E-state index in [0.717, 1.165) is 25.3 Å². The summed E-state index contributed by atoms with van der Waals surface area (Å²) in [5.41, 5.74) is 3.78. The summed E-state index contributed by atoms with van der Waals surface area (Å²) in [6.07, 6.45) is 3.46. The van der Waals surface area contributed by atoms with Gasteiger partial charge in [-0.3, -0.25) is 9.69 Å². The highest BCUT2D eigenvalue weighted by Crippen LogP contribution is 2.25. The van der Waals surface area contributed by atoms with Crippen LogP contribution < -0.4 is 10.1 Å². The Morgan fingerprint density at radius 1 is 1.07 bits per heavy atom. The van der Waals surface area contributed by atoms with Gasteiger partial charge < -0.3 is 10.1 Å². The van der Waals surface area contributed by atoms with Crippen LogP contribution in [0.3, 0.4) is 0 Å². The van der Waals surface area contributed by atoms with E-state index >= 15 is 0 Å². The Hall–Kier alpha value is -2.04. The Bertz CT molecular complexity index is 725. The molecule has 1 N–H and O–H groups in total. The molecule has 28 heavy (non-hydrogen) atoms. The third kappa shape index (κ3) is 6.25. The maximum Gasteiger partial charge on any atom is 0.258 e. The van der Waals surface area contributed by atoms with Crippen LogP contribution in [0.2, 0.25) is 0 Å². The lowest BCUT2D eigenvalue weighted by atomic mass is 10.0. The Balaban J connectivity index is 0.00000280. The summed E-state index contributed by atoms with van der Waals surface area (Å²) in [7, 11) is 0. The summed E-state index contributed by atoms with van der Waals surface area (Å²) in [6.45, 7) is 7.06. The zero-order chi connectivity index (χ0) is 19.1. The molecule has 0 bridgehead atoms. The summed E-state index contributed by atoms with van der Waals surface area (Å²) in [6, 6.07) is 16.8. The number of amides is 1. The lowest BCUT2D eigenvalue weighted by molar-refractivity contribution is -0.123. The summed E-state index contributed by atoms with van der Waals surface area (Å²) in [5, 5.41) is 3.06. The summed E-state index contributed by atoms with van der Waals surface area (Å²) in [5.74, 6) is 0.655. The van der Waals surface area contributed by atoms with Crippen LogP contribution in [0.25, 0.3) is 0 Å². The minimum Gasteiger partial charge on any atom is -0.484 e. The zero-order valence-corrected chi connectivity index (χ0v) is 17.6. The van der Waals surface area contributed by atoms with E-state index in [-0.39, 0.29) is 31.0 Å². The smallest absolute Gasteiger partial charge is 0.258 e. The maximum atomic E-state index is 12.3. The molecule has 5 heteroatoms. The van der Waals surface area contributed by atoms with Crippen molar-refractivity contribution in [3.8, 4) is 5.75 Å². The molecule has 2 aromatic rings. The second kappa shape index (κ2) is 11.1. The highest BCUT2D eigenvalue weighted by Gasteiger charge is 2.23.